The fourth-order valence-electron chi connectivity index (χ4n) is 1.82. The van der Waals surface area contributed by atoms with Gasteiger partial charge in [-0.25, -0.2) is 0 Å². The van der Waals surface area contributed by atoms with Crippen LogP contribution in [0.1, 0.15) is 19.3 Å². The Bertz CT molecular complexity index is 355. The van der Waals surface area contributed by atoms with Crippen LogP contribution in [0.5, 0.6) is 0 Å². The van der Waals surface area contributed by atoms with Gasteiger partial charge in [-0.05, 0) is 30.6 Å². The van der Waals surface area contributed by atoms with E-state index in [-0.39, 0.29) is 17.7 Å². The summed E-state index contributed by atoms with van der Waals surface area (Å²) in [7, 11) is 0. The van der Waals surface area contributed by atoms with E-state index >= 15 is 0 Å². The van der Waals surface area contributed by atoms with E-state index in [1.54, 1.807) is 6.08 Å². The Kier molecular flexibility index (Phi) is 2.11. The molecule has 0 spiro atoms. The maximum absolute atomic E-state index is 11.1. The highest BCUT2D eigenvalue weighted by atomic mass is 16.1. The number of rotatable bonds is 1. The summed E-state index contributed by atoms with van der Waals surface area (Å²) >= 11 is 0. The summed E-state index contributed by atoms with van der Waals surface area (Å²) in [5.74, 6) is -0.204. The number of carbonyl (C=O) groups excluding carboxylic acids is 2. The van der Waals surface area contributed by atoms with Crippen molar-refractivity contribution in [3.05, 3.63) is 23.4 Å². The minimum Gasteiger partial charge on any atom is -0.374 e. The highest BCUT2D eigenvalue weighted by Crippen LogP contribution is 2.25. The fourth-order valence-corrected chi connectivity index (χ4v) is 1.82. The number of hydrogen-bond acceptors (Lipinski definition) is 3. The zero-order valence-electron chi connectivity index (χ0n) is 7.75. The fraction of sp³-hybridized carbons (Fsp3) is 0.400. The predicted octanol–water partition coefficient (Wildman–Crippen LogP) is 0.00680. The van der Waals surface area contributed by atoms with Crippen LogP contribution in [0.3, 0.4) is 0 Å². The zero-order chi connectivity index (χ0) is 10.1. The second kappa shape index (κ2) is 3.29. The van der Waals surface area contributed by atoms with Crippen LogP contribution >= 0.6 is 0 Å². The zero-order valence-corrected chi connectivity index (χ0v) is 7.75. The first-order valence-corrected chi connectivity index (χ1v) is 4.65. The maximum atomic E-state index is 11.1. The van der Waals surface area contributed by atoms with Gasteiger partial charge in [0.1, 0.15) is 6.04 Å². The highest BCUT2D eigenvalue weighted by Gasteiger charge is 2.25. The Morgan fingerprint density at radius 2 is 2.29 bits per heavy atom. The van der Waals surface area contributed by atoms with Crippen molar-refractivity contribution in [3.8, 4) is 0 Å². The quantitative estimate of drug-likeness (QED) is 0.614. The van der Waals surface area contributed by atoms with Crippen molar-refractivity contribution in [2.75, 3.05) is 0 Å². The molecule has 2 rings (SSSR count). The Morgan fingerprint density at radius 1 is 1.50 bits per heavy atom. The van der Waals surface area contributed by atoms with E-state index in [2.05, 4.69) is 5.32 Å². The molecule has 1 heterocycles. The molecule has 1 aliphatic carbocycles. The van der Waals surface area contributed by atoms with Gasteiger partial charge in [0.05, 0.1) is 0 Å². The summed E-state index contributed by atoms with van der Waals surface area (Å²) < 4.78 is 0. The van der Waals surface area contributed by atoms with Crippen LogP contribution in [0, 0.1) is 0 Å². The molecule has 1 amide bonds. The minimum atomic E-state index is -0.332. The molecule has 0 radical (unpaired) electrons. The summed E-state index contributed by atoms with van der Waals surface area (Å²) in [4.78, 5) is 22.0. The molecule has 4 heteroatoms. The summed E-state index contributed by atoms with van der Waals surface area (Å²) in [6.45, 7) is 0. The molecule has 4 nitrogen and oxygen atoms in total. The number of nitrogens with two attached hydrogens (primary N) is 1. The maximum Gasteiger partial charge on any atom is 0.239 e. The minimum absolute atomic E-state index is 0.128. The monoisotopic (exact) mass is 192 g/mol. The third kappa shape index (κ3) is 1.55. The molecular formula is C10H12N2O2. The molecule has 0 aromatic carbocycles. The first-order valence-electron chi connectivity index (χ1n) is 4.65. The van der Waals surface area contributed by atoms with Gasteiger partial charge in [-0.2, -0.15) is 0 Å². The lowest BCUT2D eigenvalue weighted by atomic mass is 9.91. The van der Waals surface area contributed by atoms with E-state index in [0.717, 1.165) is 17.7 Å². The molecule has 1 unspecified atom stereocenters. The van der Waals surface area contributed by atoms with Crippen LogP contribution in [-0.4, -0.2) is 17.7 Å². The van der Waals surface area contributed by atoms with Gasteiger partial charge in [0.25, 0.3) is 0 Å². The van der Waals surface area contributed by atoms with E-state index in [9.17, 15) is 9.59 Å². The third-order valence-corrected chi connectivity index (χ3v) is 2.61. The molecule has 74 valence electrons. The Balaban J connectivity index is 2.17. The number of ketones is 1. The van der Waals surface area contributed by atoms with Crippen LogP contribution < -0.4 is 11.1 Å². The van der Waals surface area contributed by atoms with Crippen molar-refractivity contribution in [1.82, 2.24) is 5.32 Å². The van der Waals surface area contributed by atoms with Crippen LogP contribution in [-0.2, 0) is 9.59 Å². The largest absolute Gasteiger partial charge is 0.374 e. The highest BCUT2D eigenvalue weighted by molar-refractivity contribution is 5.93. The lowest BCUT2D eigenvalue weighted by molar-refractivity contribution is -0.120. The van der Waals surface area contributed by atoms with E-state index in [0.29, 0.717) is 12.8 Å². The van der Waals surface area contributed by atoms with Gasteiger partial charge in [0.2, 0.25) is 5.91 Å². The molecule has 0 fully saturated rings. The summed E-state index contributed by atoms with van der Waals surface area (Å²) in [6.07, 6.45) is 5.22. The average molecular weight is 192 g/mol. The standard InChI is InChI=1S/C10H12N2O2/c11-10(14)9-3-1-6-5-7(13)2-4-8(6)12-9/h2,4,9,12H,1,3,5H2,(H2,11,14). The normalized spacial score (nSPS) is 25.7. The third-order valence-electron chi connectivity index (χ3n) is 2.61. The first-order chi connectivity index (χ1) is 6.66. The predicted molar refractivity (Wildman–Crippen MR) is 51.1 cm³/mol. The van der Waals surface area contributed by atoms with Gasteiger partial charge in [-0.15, -0.1) is 0 Å². The second-order valence-corrected chi connectivity index (χ2v) is 3.63. The van der Waals surface area contributed by atoms with Crippen LogP contribution in [0.15, 0.2) is 23.4 Å². The van der Waals surface area contributed by atoms with E-state index in [1.165, 1.54) is 6.08 Å². The van der Waals surface area contributed by atoms with Crippen molar-refractivity contribution >= 4 is 11.7 Å². The molecule has 0 saturated heterocycles. The summed E-state index contributed by atoms with van der Waals surface area (Å²) in [6, 6.07) is -0.286. The molecule has 14 heavy (non-hydrogen) atoms. The van der Waals surface area contributed by atoms with Crippen molar-refractivity contribution in [1.29, 1.82) is 0 Å². The molecular weight excluding hydrogens is 180 g/mol. The lowest BCUT2D eigenvalue weighted by Gasteiger charge is -2.27. The van der Waals surface area contributed by atoms with Crippen molar-refractivity contribution in [3.63, 3.8) is 0 Å². The Labute approximate surface area is 81.8 Å². The van der Waals surface area contributed by atoms with Crippen molar-refractivity contribution in [2.24, 2.45) is 5.73 Å². The van der Waals surface area contributed by atoms with Gasteiger partial charge < -0.3 is 11.1 Å². The van der Waals surface area contributed by atoms with Gasteiger partial charge in [0.15, 0.2) is 5.78 Å². The van der Waals surface area contributed by atoms with Gasteiger partial charge in [-0.3, -0.25) is 9.59 Å². The summed E-state index contributed by atoms with van der Waals surface area (Å²) in [5.41, 5.74) is 7.20. The molecule has 0 bridgehead atoms. The average Bonchev–Trinajstić information content (AvgIpc) is 2.16. The van der Waals surface area contributed by atoms with Gasteiger partial charge >= 0.3 is 0 Å². The number of allylic oxidation sites excluding steroid dienone is 3. The summed E-state index contributed by atoms with van der Waals surface area (Å²) in [5, 5.41) is 3.04. The van der Waals surface area contributed by atoms with Crippen molar-refractivity contribution in [2.45, 2.75) is 25.3 Å². The topological polar surface area (TPSA) is 72.2 Å². The number of primary amides is 1. The van der Waals surface area contributed by atoms with E-state index in [1.807, 2.05) is 0 Å². The van der Waals surface area contributed by atoms with E-state index < -0.39 is 0 Å². The smallest absolute Gasteiger partial charge is 0.239 e. The molecule has 0 saturated carbocycles. The van der Waals surface area contributed by atoms with Crippen molar-refractivity contribution < 1.29 is 9.59 Å². The van der Waals surface area contributed by atoms with Crippen LogP contribution in [0.25, 0.3) is 0 Å². The molecule has 2 aliphatic rings. The van der Waals surface area contributed by atoms with Crippen LogP contribution in [0.2, 0.25) is 0 Å². The Hall–Kier alpha value is -1.58. The number of hydrogen-bond donors (Lipinski definition) is 2. The Morgan fingerprint density at radius 3 is 3.00 bits per heavy atom. The number of amides is 1. The second-order valence-electron chi connectivity index (χ2n) is 3.63. The number of nitrogens with one attached hydrogen (secondary N) is 1. The molecule has 1 atom stereocenters. The molecule has 0 aromatic rings. The van der Waals surface area contributed by atoms with Gasteiger partial charge in [-0.1, -0.05) is 0 Å². The molecule has 3 N–H and O–H groups in total. The number of carbonyl (C=O) groups is 2. The van der Waals surface area contributed by atoms with Crippen LogP contribution in [0.4, 0.5) is 0 Å². The molecule has 0 aromatic heterocycles. The SMILES string of the molecule is NC(=O)C1CCC2=C(C=CC(=O)C2)N1. The molecule has 1 aliphatic heterocycles. The van der Waals surface area contributed by atoms with Gasteiger partial charge in [0, 0.05) is 12.1 Å². The first kappa shape index (κ1) is 8.99. The lowest BCUT2D eigenvalue weighted by Crippen LogP contribution is -2.43. The van der Waals surface area contributed by atoms with E-state index in [4.69, 9.17) is 5.73 Å².